The van der Waals surface area contributed by atoms with Gasteiger partial charge >= 0.3 is 0 Å². The molecule has 0 bridgehead atoms. The van der Waals surface area contributed by atoms with E-state index in [0.29, 0.717) is 12.4 Å². The van der Waals surface area contributed by atoms with Gasteiger partial charge in [-0.1, -0.05) is 6.92 Å². The predicted molar refractivity (Wildman–Crippen MR) is 81.6 cm³/mol. The van der Waals surface area contributed by atoms with Crippen molar-refractivity contribution >= 4 is 0 Å². The van der Waals surface area contributed by atoms with E-state index in [2.05, 4.69) is 16.8 Å². The van der Waals surface area contributed by atoms with Crippen molar-refractivity contribution in [3.8, 4) is 11.5 Å². The fourth-order valence-corrected chi connectivity index (χ4v) is 3.03. The van der Waals surface area contributed by atoms with Crippen molar-refractivity contribution in [2.75, 3.05) is 19.7 Å². The van der Waals surface area contributed by atoms with Gasteiger partial charge in [0.05, 0.1) is 5.69 Å². The molecule has 1 aromatic heterocycles. The fourth-order valence-electron chi connectivity index (χ4n) is 3.03. The number of aromatic nitrogens is 1. The maximum atomic E-state index is 12.9. The van der Waals surface area contributed by atoms with Gasteiger partial charge in [0.15, 0.2) is 0 Å². The van der Waals surface area contributed by atoms with Crippen LogP contribution in [0, 0.1) is 11.2 Å². The van der Waals surface area contributed by atoms with Gasteiger partial charge in [-0.05, 0) is 43.7 Å². The zero-order chi connectivity index (χ0) is 15.6. The highest BCUT2D eigenvalue weighted by atomic mass is 19.1. The van der Waals surface area contributed by atoms with E-state index in [9.17, 15) is 9.50 Å². The Balaban J connectivity index is 1.68. The van der Waals surface area contributed by atoms with Crippen molar-refractivity contribution in [3.63, 3.8) is 0 Å². The van der Waals surface area contributed by atoms with Crippen LogP contribution in [0.4, 0.5) is 4.39 Å². The SMILES string of the molecule is CC1(CO)CCCN(Cc2coc(-c3ccc(F)cc3)n2)C1. The monoisotopic (exact) mass is 304 g/mol. The van der Waals surface area contributed by atoms with E-state index in [1.807, 2.05) is 0 Å². The van der Waals surface area contributed by atoms with Gasteiger partial charge in [0.2, 0.25) is 5.89 Å². The van der Waals surface area contributed by atoms with Crippen molar-refractivity contribution in [1.82, 2.24) is 9.88 Å². The lowest BCUT2D eigenvalue weighted by atomic mass is 9.83. The first-order chi connectivity index (χ1) is 10.6. The molecule has 1 N–H and O–H groups in total. The Hall–Kier alpha value is -1.72. The Labute approximate surface area is 129 Å². The first-order valence-corrected chi connectivity index (χ1v) is 7.62. The van der Waals surface area contributed by atoms with Gasteiger partial charge in [-0.25, -0.2) is 9.37 Å². The molecule has 0 radical (unpaired) electrons. The molecule has 1 fully saturated rings. The van der Waals surface area contributed by atoms with E-state index in [1.165, 1.54) is 12.1 Å². The Bertz CT molecular complexity index is 626. The number of nitrogens with zero attached hydrogens (tertiary/aromatic N) is 2. The summed E-state index contributed by atoms with van der Waals surface area (Å²) in [6, 6.07) is 6.12. The lowest BCUT2D eigenvalue weighted by Crippen LogP contribution is -2.43. The average molecular weight is 304 g/mol. The first-order valence-electron chi connectivity index (χ1n) is 7.62. The largest absolute Gasteiger partial charge is 0.444 e. The molecule has 3 rings (SSSR count). The van der Waals surface area contributed by atoms with Crippen LogP contribution in [-0.4, -0.2) is 34.7 Å². The predicted octanol–water partition coefficient (Wildman–Crippen LogP) is 3.08. The van der Waals surface area contributed by atoms with Crippen LogP contribution in [0.25, 0.3) is 11.5 Å². The number of hydrogen-bond donors (Lipinski definition) is 1. The van der Waals surface area contributed by atoms with Crippen molar-refractivity contribution < 1.29 is 13.9 Å². The van der Waals surface area contributed by atoms with Gasteiger partial charge < -0.3 is 9.52 Å². The van der Waals surface area contributed by atoms with Gasteiger partial charge in [0, 0.05) is 30.7 Å². The summed E-state index contributed by atoms with van der Waals surface area (Å²) in [4.78, 5) is 6.78. The summed E-state index contributed by atoms with van der Waals surface area (Å²) in [5.41, 5.74) is 1.61. The van der Waals surface area contributed by atoms with Crippen LogP contribution in [-0.2, 0) is 6.54 Å². The van der Waals surface area contributed by atoms with E-state index in [-0.39, 0.29) is 17.8 Å². The highest BCUT2D eigenvalue weighted by Crippen LogP contribution is 2.29. The molecule has 0 spiro atoms. The number of aliphatic hydroxyl groups is 1. The number of likely N-dealkylation sites (tertiary alicyclic amines) is 1. The molecule has 1 unspecified atom stereocenters. The second-order valence-electron chi connectivity index (χ2n) is 6.43. The number of hydrogen-bond acceptors (Lipinski definition) is 4. The van der Waals surface area contributed by atoms with E-state index in [4.69, 9.17) is 4.42 Å². The number of oxazole rings is 1. The number of piperidine rings is 1. The Morgan fingerprint density at radius 1 is 1.36 bits per heavy atom. The topological polar surface area (TPSA) is 49.5 Å². The normalized spacial score (nSPS) is 22.9. The third-order valence-electron chi connectivity index (χ3n) is 4.27. The second kappa shape index (κ2) is 6.18. The Kier molecular flexibility index (Phi) is 4.27. The van der Waals surface area contributed by atoms with E-state index in [1.54, 1.807) is 18.4 Å². The maximum absolute atomic E-state index is 12.9. The molecule has 5 heteroatoms. The van der Waals surface area contributed by atoms with Gasteiger partial charge in [-0.2, -0.15) is 0 Å². The highest BCUT2D eigenvalue weighted by molar-refractivity contribution is 5.52. The number of aliphatic hydroxyl groups excluding tert-OH is 1. The minimum absolute atomic E-state index is 0.0260. The number of benzene rings is 1. The molecular weight excluding hydrogens is 283 g/mol. The minimum Gasteiger partial charge on any atom is -0.444 e. The zero-order valence-corrected chi connectivity index (χ0v) is 12.8. The van der Waals surface area contributed by atoms with Crippen LogP contribution < -0.4 is 0 Å². The summed E-state index contributed by atoms with van der Waals surface area (Å²) in [7, 11) is 0. The van der Waals surface area contributed by atoms with Crippen molar-refractivity contribution in [2.24, 2.45) is 5.41 Å². The maximum Gasteiger partial charge on any atom is 0.226 e. The minimum atomic E-state index is -0.271. The lowest BCUT2D eigenvalue weighted by molar-refractivity contribution is 0.0423. The van der Waals surface area contributed by atoms with Crippen molar-refractivity contribution in [1.29, 1.82) is 0 Å². The Morgan fingerprint density at radius 3 is 2.86 bits per heavy atom. The van der Waals surface area contributed by atoms with Gasteiger partial charge in [0.25, 0.3) is 0 Å². The molecule has 2 heterocycles. The van der Waals surface area contributed by atoms with Crippen LogP contribution in [0.15, 0.2) is 34.9 Å². The van der Waals surface area contributed by atoms with Crippen LogP contribution in [0.5, 0.6) is 0 Å². The third kappa shape index (κ3) is 3.36. The molecule has 1 aliphatic heterocycles. The van der Waals surface area contributed by atoms with Crippen molar-refractivity contribution in [3.05, 3.63) is 42.0 Å². The molecule has 4 nitrogen and oxygen atoms in total. The summed E-state index contributed by atoms with van der Waals surface area (Å²) in [6.45, 7) is 4.91. The summed E-state index contributed by atoms with van der Waals surface area (Å²) in [5, 5.41) is 9.52. The Morgan fingerprint density at radius 2 is 2.14 bits per heavy atom. The smallest absolute Gasteiger partial charge is 0.226 e. The lowest BCUT2D eigenvalue weighted by Gasteiger charge is -2.38. The van der Waals surface area contributed by atoms with Gasteiger partial charge in [-0.3, -0.25) is 4.90 Å². The molecule has 1 aromatic carbocycles. The fraction of sp³-hybridized carbons (Fsp3) is 0.471. The molecule has 1 saturated heterocycles. The summed E-state index contributed by atoms with van der Waals surface area (Å²) >= 11 is 0. The van der Waals surface area contributed by atoms with Crippen LogP contribution in [0.1, 0.15) is 25.5 Å². The number of halogens is 1. The van der Waals surface area contributed by atoms with Crippen molar-refractivity contribution in [2.45, 2.75) is 26.3 Å². The molecule has 1 atom stereocenters. The van der Waals surface area contributed by atoms with E-state index in [0.717, 1.165) is 37.2 Å². The highest BCUT2D eigenvalue weighted by Gasteiger charge is 2.30. The van der Waals surface area contributed by atoms with Gasteiger partial charge in [-0.15, -0.1) is 0 Å². The first kappa shape index (κ1) is 15.2. The average Bonchev–Trinajstić information content (AvgIpc) is 2.96. The zero-order valence-electron chi connectivity index (χ0n) is 12.8. The molecule has 22 heavy (non-hydrogen) atoms. The standard InChI is InChI=1S/C17H21FN2O2/c1-17(12-21)7-2-8-20(11-17)9-15-10-22-16(19-15)13-3-5-14(18)6-4-13/h3-6,10,21H,2,7-9,11-12H2,1H3. The number of rotatable bonds is 4. The quantitative estimate of drug-likeness (QED) is 0.943. The molecular formula is C17H21FN2O2. The molecule has 118 valence electrons. The second-order valence-corrected chi connectivity index (χ2v) is 6.43. The van der Waals surface area contributed by atoms with Gasteiger partial charge in [0.1, 0.15) is 12.1 Å². The summed E-state index contributed by atoms with van der Waals surface area (Å²) in [6.07, 6.45) is 3.79. The van der Waals surface area contributed by atoms with E-state index >= 15 is 0 Å². The van der Waals surface area contributed by atoms with Crippen LogP contribution in [0.2, 0.25) is 0 Å². The molecule has 1 aliphatic rings. The molecule has 2 aromatic rings. The third-order valence-corrected chi connectivity index (χ3v) is 4.27. The molecule has 0 saturated carbocycles. The van der Waals surface area contributed by atoms with Crippen LogP contribution >= 0.6 is 0 Å². The van der Waals surface area contributed by atoms with E-state index < -0.39 is 0 Å². The molecule has 0 aliphatic carbocycles. The summed E-state index contributed by atoms with van der Waals surface area (Å²) < 4.78 is 18.4. The molecule has 0 amide bonds. The summed E-state index contributed by atoms with van der Waals surface area (Å²) in [5.74, 6) is 0.240. The van der Waals surface area contributed by atoms with Crippen LogP contribution in [0.3, 0.4) is 0 Å².